The van der Waals surface area contributed by atoms with E-state index < -0.39 is 47.9 Å². The molecule has 1 amide bonds. The Morgan fingerprint density at radius 2 is 1.96 bits per heavy atom. The predicted molar refractivity (Wildman–Crippen MR) is 89.8 cm³/mol. The second-order valence-corrected chi connectivity index (χ2v) is 7.50. The fourth-order valence-electron chi connectivity index (χ4n) is 2.83. The lowest BCUT2D eigenvalue weighted by Gasteiger charge is -2.45. The molecule has 2 atom stereocenters. The summed E-state index contributed by atoms with van der Waals surface area (Å²) in [5.41, 5.74) is -1.89. The van der Waals surface area contributed by atoms with E-state index in [-0.39, 0.29) is 18.9 Å². The van der Waals surface area contributed by atoms with Gasteiger partial charge in [-0.3, -0.25) is 0 Å². The quantitative estimate of drug-likeness (QED) is 0.783. The van der Waals surface area contributed by atoms with Gasteiger partial charge in [0.15, 0.2) is 11.6 Å². The molecule has 1 aromatic heterocycles. The number of carbonyl (C=O) groups is 1. The van der Waals surface area contributed by atoms with Gasteiger partial charge in [0.1, 0.15) is 5.60 Å². The minimum atomic E-state index is -4.70. The molecule has 10 heteroatoms. The number of carbonyl (C=O) groups excluding carboxylic acids is 1. The molecule has 0 spiro atoms. The van der Waals surface area contributed by atoms with E-state index in [0.717, 1.165) is 0 Å². The van der Waals surface area contributed by atoms with Crippen molar-refractivity contribution in [1.82, 2.24) is 9.88 Å². The van der Waals surface area contributed by atoms with E-state index in [0.29, 0.717) is 12.3 Å². The first-order valence-electron chi connectivity index (χ1n) is 8.43. The number of aliphatic hydroxyl groups excluding tert-OH is 1. The number of aromatic nitrogens is 1. The van der Waals surface area contributed by atoms with E-state index >= 15 is 0 Å². The lowest BCUT2D eigenvalue weighted by atomic mass is 10.1. The van der Waals surface area contributed by atoms with Crippen LogP contribution in [0.15, 0.2) is 12.3 Å². The third-order valence-electron chi connectivity index (χ3n) is 4.10. The van der Waals surface area contributed by atoms with Gasteiger partial charge in [-0.25, -0.2) is 14.2 Å². The van der Waals surface area contributed by atoms with E-state index in [9.17, 15) is 27.5 Å². The predicted octanol–water partition coefficient (Wildman–Crippen LogP) is 3.05. The van der Waals surface area contributed by atoms with E-state index in [1.54, 1.807) is 27.7 Å². The fraction of sp³-hybridized carbons (Fsp3) is 0.647. The summed E-state index contributed by atoms with van der Waals surface area (Å²) in [7, 11) is 0. The van der Waals surface area contributed by atoms with Crippen molar-refractivity contribution in [3.8, 4) is 0 Å². The Hall–Kier alpha value is -2.10. The van der Waals surface area contributed by atoms with Crippen molar-refractivity contribution in [2.45, 2.75) is 51.6 Å². The molecule has 0 aromatic carbocycles. The molecule has 0 saturated carbocycles. The van der Waals surface area contributed by atoms with Crippen LogP contribution in [0.5, 0.6) is 0 Å². The highest BCUT2D eigenvalue weighted by Crippen LogP contribution is 2.32. The fourth-order valence-corrected chi connectivity index (χ4v) is 2.83. The Bertz CT molecular complexity index is 691. The van der Waals surface area contributed by atoms with Crippen LogP contribution in [0.3, 0.4) is 0 Å². The normalized spacial score (nSPS) is 21.4. The molecule has 2 heterocycles. The van der Waals surface area contributed by atoms with E-state index in [1.165, 1.54) is 9.80 Å². The van der Waals surface area contributed by atoms with Gasteiger partial charge >= 0.3 is 12.3 Å². The van der Waals surface area contributed by atoms with Gasteiger partial charge in [0.2, 0.25) is 0 Å². The third kappa shape index (κ3) is 5.00. The summed E-state index contributed by atoms with van der Waals surface area (Å²) in [6, 6.07) is -0.777. The number of nitrogens with zero attached hydrogens (tertiary/aromatic N) is 3. The molecule has 152 valence electrons. The van der Waals surface area contributed by atoms with Crippen molar-refractivity contribution in [2.24, 2.45) is 0 Å². The maximum Gasteiger partial charge on any atom is 0.417 e. The van der Waals surface area contributed by atoms with Gasteiger partial charge in [-0.2, -0.15) is 13.2 Å². The molecule has 6 nitrogen and oxygen atoms in total. The largest absolute Gasteiger partial charge is 0.444 e. The number of pyridine rings is 1. The molecule has 0 unspecified atom stereocenters. The van der Waals surface area contributed by atoms with Crippen LogP contribution in [0.1, 0.15) is 33.3 Å². The van der Waals surface area contributed by atoms with Crippen LogP contribution in [0.2, 0.25) is 0 Å². The maximum absolute atomic E-state index is 14.3. The Morgan fingerprint density at radius 1 is 1.33 bits per heavy atom. The number of piperazine rings is 1. The number of hydrogen-bond acceptors (Lipinski definition) is 5. The number of amides is 1. The lowest BCUT2D eigenvalue weighted by molar-refractivity contribution is -0.138. The van der Waals surface area contributed by atoms with Gasteiger partial charge in [0.25, 0.3) is 0 Å². The van der Waals surface area contributed by atoms with Gasteiger partial charge in [-0.05, 0) is 33.8 Å². The number of rotatable bonds is 2. The first-order valence-corrected chi connectivity index (χ1v) is 8.43. The van der Waals surface area contributed by atoms with Crippen molar-refractivity contribution < 1.29 is 32.2 Å². The van der Waals surface area contributed by atoms with Crippen LogP contribution < -0.4 is 4.90 Å². The summed E-state index contributed by atoms with van der Waals surface area (Å²) in [6.45, 7) is 6.53. The Labute approximate surface area is 154 Å². The highest BCUT2D eigenvalue weighted by molar-refractivity contribution is 5.69. The van der Waals surface area contributed by atoms with Crippen molar-refractivity contribution in [1.29, 1.82) is 0 Å². The number of halogens is 4. The molecular weight excluding hydrogens is 370 g/mol. The average molecular weight is 393 g/mol. The second kappa shape index (κ2) is 7.49. The van der Waals surface area contributed by atoms with Gasteiger partial charge in [0.05, 0.1) is 18.2 Å². The summed E-state index contributed by atoms with van der Waals surface area (Å²) in [6.07, 6.45) is -4.72. The lowest BCUT2D eigenvalue weighted by Crippen LogP contribution is -2.61. The zero-order valence-corrected chi connectivity index (χ0v) is 15.5. The zero-order valence-electron chi connectivity index (χ0n) is 15.5. The molecule has 1 fully saturated rings. The molecular formula is C17H23F4N3O3. The van der Waals surface area contributed by atoms with Crippen molar-refractivity contribution in [2.75, 3.05) is 24.6 Å². The molecule has 1 aliphatic heterocycles. The van der Waals surface area contributed by atoms with Crippen LogP contribution in [-0.4, -0.2) is 58.5 Å². The second-order valence-electron chi connectivity index (χ2n) is 7.50. The molecule has 0 radical (unpaired) electrons. The van der Waals surface area contributed by atoms with Crippen LogP contribution in [0, 0.1) is 5.82 Å². The van der Waals surface area contributed by atoms with Crippen molar-refractivity contribution >= 4 is 11.9 Å². The van der Waals surface area contributed by atoms with Gasteiger partial charge in [-0.15, -0.1) is 0 Å². The summed E-state index contributed by atoms with van der Waals surface area (Å²) >= 11 is 0. The number of hydrogen-bond donors (Lipinski definition) is 1. The molecule has 0 aliphatic carbocycles. The van der Waals surface area contributed by atoms with Crippen LogP contribution >= 0.6 is 0 Å². The van der Waals surface area contributed by atoms with Gasteiger partial charge in [0, 0.05) is 25.3 Å². The van der Waals surface area contributed by atoms with Crippen molar-refractivity contribution in [3.05, 3.63) is 23.6 Å². The standard InChI is InChI=1S/C17H23F4N3O3/c1-10-7-24(14-13(18)5-11(6-22-14)17(19,20)21)12(9-25)8-23(10)15(26)27-16(2,3)4/h5-6,10,12,25H,7-9H2,1-4H3/t10-,12-/m1/s1. The van der Waals surface area contributed by atoms with Crippen LogP contribution in [-0.2, 0) is 10.9 Å². The summed E-state index contributed by atoms with van der Waals surface area (Å²) in [5, 5.41) is 9.67. The minimum Gasteiger partial charge on any atom is -0.444 e. The molecule has 1 N–H and O–H groups in total. The Morgan fingerprint density at radius 3 is 2.44 bits per heavy atom. The van der Waals surface area contributed by atoms with Crippen LogP contribution in [0.4, 0.5) is 28.2 Å². The Balaban J connectivity index is 2.24. The summed E-state index contributed by atoms with van der Waals surface area (Å²) < 4.78 is 57.7. The molecule has 1 saturated heterocycles. The Kier molecular flexibility index (Phi) is 5.88. The minimum absolute atomic E-state index is 0.0225. The highest BCUT2D eigenvalue weighted by Gasteiger charge is 2.38. The van der Waals surface area contributed by atoms with Gasteiger partial charge in [-0.1, -0.05) is 0 Å². The summed E-state index contributed by atoms with van der Waals surface area (Å²) in [4.78, 5) is 18.7. The van der Waals surface area contributed by atoms with E-state index in [4.69, 9.17) is 4.74 Å². The third-order valence-corrected chi connectivity index (χ3v) is 4.10. The SMILES string of the molecule is C[C@@H]1CN(c2ncc(C(F)(F)F)cc2F)[C@@H](CO)CN1C(=O)OC(C)(C)C. The number of alkyl halides is 3. The first-order chi connectivity index (χ1) is 12.3. The number of ether oxygens (including phenoxy) is 1. The van der Waals surface area contributed by atoms with Crippen LogP contribution in [0.25, 0.3) is 0 Å². The molecule has 27 heavy (non-hydrogen) atoms. The van der Waals surface area contributed by atoms with Crippen molar-refractivity contribution in [3.63, 3.8) is 0 Å². The summed E-state index contributed by atoms with van der Waals surface area (Å²) in [5.74, 6) is -1.43. The average Bonchev–Trinajstić information content (AvgIpc) is 2.52. The van der Waals surface area contributed by atoms with Gasteiger partial charge < -0.3 is 19.6 Å². The molecule has 0 bridgehead atoms. The molecule has 1 aromatic rings. The number of aliphatic hydroxyl groups is 1. The van der Waals surface area contributed by atoms with E-state index in [1.807, 2.05) is 0 Å². The monoisotopic (exact) mass is 393 g/mol. The zero-order chi connectivity index (χ0) is 20.6. The molecule has 2 rings (SSSR count). The highest BCUT2D eigenvalue weighted by atomic mass is 19.4. The maximum atomic E-state index is 14.3. The topological polar surface area (TPSA) is 65.9 Å². The molecule has 1 aliphatic rings. The number of anilines is 1. The smallest absolute Gasteiger partial charge is 0.417 e. The first kappa shape index (κ1) is 21.2. The van der Waals surface area contributed by atoms with E-state index in [2.05, 4.69) is 4.98 Å².